The van der Waals surface area contributed by atoms with Crippen molar-refractivity contribution in [3.63, 3.8) is 0 Å². The first kappa shape index (κ1) is 10.6. The van der Waals surface area contributed by atoms with E-state index >= 15 is 0 Å². The molecule has 14 heavy (non-hydrogen) atoms. The Morgan fingerprint density at radius 2 is 2.14 bits per heavy atom. The van der Waals surface area contributed by atoms with Crippen LogP contribution in [0.2, 0.25) is 0 Å². The molecule has 6 heteroatoms. The zero-order chi connectivity index (χ0) is 10.6. The molecule has 0 unspecified atom stereocenters. The lowest BCUT2D eigenvalue weighted by molar-refractivity contribution is 0.621. The van der Waals surface area contributed by atoms with Gasteiger partial charge in [-0.2, -0.15) is 5.10 Å². The van der Waals surface area contributed by atoms with Crippen molar-refractivity contribution in [3.05, 3.63) is 34.1 Å². The molecule has 0 aliphatic heterocycles. The van der Waals surface area contributed by atoms with Gasteiger partial charge in [-0.25, -0.2) is 4.39 Å². The van der Waals surface area contributed by atoms with Crippen LogP contribution in [0.1, 0.15) is 5.56 Å². The molecule has 1 rings (SSSR count). The third-order valence-corrected chi connectivity index (χ3v) is 2.19. The Kier molecular flexibility index (Phi) is 3.58. The second-order valence-electron chi connectivity index (χ2n) is 2.41. The van der Waals surface area contributed by atoms with E-state index in [4.69, 9.17) is 11.5 Å². The molecule has 0 aliphatic rings. The average molecular weight is 259 g/mol. The summed E-state index contributed by atoms with van der Waals surface area (Å²) in [4.78, 5) is 0. The largest absolute Gasteiger partial charge is 0.369 e. The van der Waals surface area contributed by atoms with Crippen molar-refractivity contribution in [3.8, 4) is 0 Å². The Labute approximate surface area is 88.6 Å². The van der Waals surface area contributed by atoms with Crippen LogP contribution in [0.4, 0.5) is 4.39 Å². The molecule has 0 saturated carbocycles. The summed E-state index contributed by atoms with van der Waals surface area (Å²) in [6.45, 7) is 0. The molecule has 1 aromatic carbocycles. The highest BCUT2D eigenvalue weighted by Gasteiger charge is 2.01. The minimum Gasteiger partial charge on any atom is -0.369 e. The van der Waals surface area contributed by atoms with Gasteiger partial charge in [0.2, 0.25) is 5.96 Å². The Morgan fingerprint density at radius 3 is 2.79 bits per heavy atom. The normalized spacial score (nSPS) is 10.4. The Hall–Kier alpha value is -1.43. The first-order chi connectivity index (χ1) is 6.61. The van der Waals surface area contributed by atoms with Crippen LogP contribution in [-0.4, -0.2) is 12.2 Å². The highest BCUT2D eigenvalue weighted by Crippen LogP contribution is 2.18. The zero-order valence-electron chi connectivity index (χ0n) is 7.11. The molecule has 4 nitrogen and oxygen atoms in total. The van der Waals surface area contributed by atoms with Gasteiger partial charge in [0.05, 0.1) is 10.7 Å². The molecule has 4 N–H and O–H groups in total. The van der Waals surface area contributed by atoms with Crippen LogP contribution >= 0.6 is 15.9 Å². The maximum absolute atomic E-state index is 13.0. The summed E-state index contributed by atoms with van der Waals surface area (Å²) in [6.07, 6.45) is 1.35. The fourth-order valence-electron chi connectivity index (χ4n) is 0.778. The summed E-state index contributed by atoms with van der Waals surface area (Å²) >= 11 is 3.07. The van der Waals surface area contributed by atoms with Gasteiger partial charge in [-0.15, -0.1) is 5.10 Å². The van der Waals surface area contributed by atoms with Crippen LogP contribution in [0.25, 0.3) is 0 Å². The first-order valence-electron chi connectivity index (χ1n) is 3.67. The molecule has 0 bridgehead atoms. The van der Waals surface area contributed by atoms with Gasteiger partial charge in [0.1, 0.15) is 5.82 Å². The number of hydrogen-bond acceptors (Lipinski definition) is 2. The molecule has 0 fully saturated rings. The minimum atomic E-state index is -0.362. The number of benzene rings is 1. The maximum Gasteiger partial charge on any atom is 0.211 e. The fraction of sp³-hybridized carbons (Fsp3) is 0. The van der Waals surface area contributed by atoms with Gasteiger partial charge in [0.25, 0.3) is 0 Å². The number of rotatable bonds is 2. The van der Waals surface area contributed by atoms with Crippen molar-refractivity contribution in [2.24, 2.45) is 21.7 Å². The summed E-state index contributed by atoms with van der Waals surface area (Å²) in [6, 6.07) is 4.58. The lowest BCUT2D eigenvalue weighted by Crippen LogP contribution is -2.21. The second-order valence-corrected chi connectivity index (χ2v) is 3.21. The van der Waals surface area contributed by atoms with E-state index in [0.717, 1.165) is 0 Å². The maximum atomic E-state index is 13.0. The van der Waals surface area contributed by atoms with Crippen molar-refractivity contribution in [1.29, 1.82) is 0 Å². The van der Waals surface area contributed by atoms with Gasteiger partial charge in [-0.1, -0.05) is 12.1 Å². The van der Waals surface area contributed by atoms with Crippen molar-refractivity contribution in [2.45, 2.75) is 0 Å². The molecular formula is C8H8BrFN4. The van der Waals surface area contributed by atoms with Crippen LogP contribution in [0.15, 0.2) is 32.9 Å². The van der Waals surface area contributed by atoms with Crippen LogP contribution in [0.3, 0.4) is 0 Å². The minimum absolute atomic E-state index is 0.145. The first-order valence-corrected chi connectivity index (χ1v) is 4.46. The molecule has 0 aromatic heterocycles. The average Bonchev–Trinajstić information content (AvgIpc) is 2.12. The van der Waals surface area contributed by atoms with E-state index in [2.05, 4.69) is 26.1 Å². The topological polar surface area (TPSA) is 76.8 Å². The molecule has 0 heterocycles. The lowest BCUT2D eigenvalue weighted by atomic mass is 10.2. The van der Waals surface area contributed by atoms with Crippen molar-refractivity contribution in [2.75, 3.05) is 0 Å². The van der Waals surface area contributed by atoms with Crippen LogP contribution in [0.5, 0.6) is 0 Å². The Balaban J connectivity index is 2.92. The van der Waals surface area contributed by atoms with Gasteiger partial charge in [0.15, 0.2) is 0 Å². The van der Waals surface area contributed by atoms with Crippen molar-refractivity contribution >= 4 is 28.1 Å². The quantitative estimate of drug-likeness (QED) is 0.475. The van der Waals surface area contributed by atoms with Crippen molar-refractivity contribution < 1.29 is 4.39 Å². The molecule has 0 atom stereocenters. The smallest absolute Gasteiger partial charge is 0.211 e. The third kappa shape index (κ3) is 2.81. The molecule has 74 valence electrons. The molecule has 0 amide bonds. The number of halogens is 2. The predicted molar refractivity (Wildman–Crippen MR) is 57.5 cm³/mol. The molecule has 0 radical (unpaired) electrons. The highest BCUT2D eigenvalue weighted by molar-refractivity contribution is 9.10. The van der Waals surface area contributed by atoms with E-state index in [-0.39, 0.29) is 11.8 Å². The molecule has 0 saturated heterocycles. The van der Waals surface area contributed by atoms with E-state index in [1.54, 1.807) is 12.1 Å². The predicted octanol–water partition coefficient (Wildman–Crippen LogP) is 1.20. The fourth-order valence-corrected chi connectivity index (χ4v) is 1.14. The monoisotopic (exact) mass is 258 g/mol. The van der Waals surface area contributed by atoms with Crippen LogP contribution < -0.4 is 11.5 Å². The number of guanidine groups is 1. The van der Waals surface area contributed by atoms with Gasteiger partial charge in [0, 0.05) is 5.56 Å². The highest BCUT2D eigenvalue weighted by atomic mass is 79.9. The second kappa shape index (κ2) is 4.71. The van der Waals surface area contributed by atoms with E-state index < -0.39 is 0 Å². The van der Waals surface area contributed by atoms with E-state index in [9.17, 15) is 4.39 Å². The molecule has 0 spiro atoms. The van der Waals surface area contributed by atoms with Gasteiger partial charge in [-0.3, -0.25) is 0 Å². The summed E-state index contributed by atoms with van der Waals surface area (Å²) in [5.74, 6) is -0.507. The third-order valence-electron chi connectivity index (χ3n) is 1.35. The number of nitrogens with two attached hydrogens (primary N) is 2. The Morgan fingerprint density at radius 1 is 1.43 bits per heavy atom. The number of nitrogens with zero attached hydrogens (tertiary/aromatic N) is 2. The molecule has 1 aromatic rings. The van der Waals surface area contributed by atoms with Gasteiger partial charge in [-0.05, 0) is 22.0 Å². The van der Waals surface area contributed by atoms with Gasteiger partial charge < -0.3 is 11.5 Å². The summed E-state index contributed by atoms with van der Waals surface area (Å²) in [5.41, 5.74) is 10.7. The molecule has 0 aliphatic carbocycles. The zero-order valence-corrected chi connectivity index (χ0v) is 8.70. The van der Waals surface area contributed by atoms with Crippen LogP contribution in [0, 0.1) is 5.82 Å². The van der Waals surface area contributed by atoms with E-state index in [1.807, 2.05) is 0 Å². The summed E-state index contributed by atoms with van der Waals surface area (Å²) in [7, 11) is 0. The standard InChI is InChI=1S/C8H8BrFN4/c9-7-5(2-1-3-6(7)10)4-13-14-8(11)12/h1-4H,(H4,11,12,14). The lowest BCUT2D eigenvalue weighted by Gasteiger charge is -1.97. The van der Waals surface area contributed by atoms with E-state index in [0.29, 0.717) is 10.0 Å². The van der Waals surface area contributed by atoms with Crippen molar-refractivity contribution in [1.82, 2.24) is 0 Å². The number of hydrogen-bond donors (Lipinski definition) is 2. The van der Waals surface area contributed by atoms with Gasteiger partial charge >= 0.3 is 0 Å². The molecular weight excluding hydrogens is 251 g/mol. The summed E-state index contributed by atoms with van der Waals surface area (Å²) in [5, 5.41) is 6.95. The van der Waals surface area contributed by atoms with Crippen LogP contribution in [-0.2, 0) is 0 Å². The summed E-state index contributed by atoms with van der Waals surface area (Å²) < 4.78 is 13.3. The van der Waals surface area contributed by atoms with E-state index in [1.165, 1.54) is 12.3 Å². The SMILES string of the molecule is NC(N)=NN=Cc1cccc(F)c1Br. The Bertz CT molecular complexity index is 385.